The fourth-order valence-electron chi connectivity index (χ4n) is 2.60. The molecule has 0 nitrogen and oxygen atoms in total. The van der Waals surface area contributed by atoms with Crippen LogP contribution in [0.3, 0.4) is 0 Å². The van der Waals surface area contributed by atoms with Crippen molar-refractivity contribution in [2.24, 2.45) is 0 Å². The Kier molecular flexibility index (Phi) is 3.97. The van der Waals surface area contributed by atoms with E-state index in [1.807, 2.05) is 17.4 Å². The molecule has 116 valence electrons. The number of hydrogen-bond acceptors (Lipinski definition) is 1. The van der Waals surface area contributed by atoms with Gasteiger partial charge in [0.2, 0.25) is 0 Å². The van der Waals surface area contributed by atoms with Gasteiger partial charge in [-0.1, -0.05) is 72.8 Å². The fourth-order valence-corrected chi connectivity index (χ4v) is 3.61. The zero-order valence-electron chi connectivity index (χ0n) is 12.9. The van der Waals surface area contributed by atoms with Crippen molar-refractivity contribution in [2.45, 2.75) is 0 Å². The van der Waals surface area contributed by atoms with Gasteiger partial charge in [0.1, 0.15) is 5.82 Å². The number of benzene rings is 3. The van der Waals surface area contributed by atoms with Crippen molar-refractivity contribution in [3.05, 3.63) is 107 Å². The van der Waals surface area contributed by atoms with E-state index in [-0.39, 0.29) is 5.82 Å². The van der Waals surface area contributed by atoms with Crippen LogP contribution >= 0.6 is 11.3 Å². The van der Waals surface area contributed by atoms with Gasteiger partial charge >= 0.3 is 0 Å². The highest BCUT2D eigenvalue weighted by molar-refractivity contribution is 7.18. The summed E-state index contributed by atoms with van der Waals surface area (Å²) in [4.78, 5) is 2.65. The summed E-state index contributed by atoms with van der Waals surface area (Å²) in [6, 6.07) is 30.7. The molecule has 0 spiro atoms. The Labute approximate surface area is 144 Å². The minimum absolute atomic E-state index is 0.0579. The molecule has 2 aliphatic carbocycles. The van der Waals surface area contributed by atoms with Gasteiger partial charge in [0.05, 0.1) is 0 Å². The molecule has 0 saturated heterocycles. The molecule has 0 amide bonds. The zero-order chi connectivity index (χ0) is 16.4. The third-order valence-corrected chi connectivity index (χ3v) is 5.19. The molecule has 0 atom stereocenters. The molecule has 1 heterocycles. The SMILES string of the molecule is Fc1cc2ccc1=2.c1ccc(-c2ccc(-c3ccccc3)s2)cc1. The second kappa shape index (κ2) is 6.42. The van der Waals surface area contributed by atoms with Crippen LogP contribution in [0.15, 0.2) is 91.0 Å². The predicted octanol–water partition coefficient (Wildman–Crippen LogP) is 6.51. The number of rotatable bonds is 2. The largest absolute Gasteiger partial charge is 0.206 e. The molecule has 2 aliphatic rings. The second-order valence-corrected chi connectivity index (χ2v) is 6.67. The molecule has 0 radical (unpaired) electrons. The summed E-state index contributed by atoms with van der Waals surface area (Å²) in [6.45, 7) is 0. The maximum absolute atomic E-state index is 12.0. The van der Waals surface area contributed by atoms with Crippen LogP contribution in [0.5, 0.6) is 0 Å². The van der Waals surface area contributed by atoms with E-state index >= 15 is 0 Å². The third kappa shape index (κ3) is 2.89. The quantitative estimate of drug-likeness (QED) is 0.346. The van der Waals surface area contributed by atoms with E-state index in [1.165, 1.54) is 26.9 Å². The highest BCUT2D eigenvalue weighted by Crippen LogP contribution is 2.33. The molecule has 2 heteroatoms. The summed E-state index contributed by atoms with van der Waals surface area (Å²) in [5.74, 6) is -0.0579. The van der Waals surface area contributed by atoms with Crippen LogP contribution in [-0.4, -0.2) is 0 Å². The number of halogens is 1. The molecule has 0 unspecified atom stereocenters. The van der Waals surface area contributed by atoms with Crippen LogP contribution in [0.1, 0.15) is 0 Å². The van der Waals surface area contributed by atoms with Gasteiger partial charge in [-0.05, 0) is 34.5 Å². The standard InChI is InChI=1S/C16H12S.C6H3F/c1-3-7-13(8-4-1)15-11-12-16(17-15)14-9-5-2-6-10-14;7-6-3-4-1-2-5(4)6/h1-12H;1-3H. The maximum atomic E-state index is 12.0. The van der Waals surface area contributed by atoms with Gasteiger partial charge in [0.15, 0.2) is 0 Å². The molecule has 5 rings (SSSR count). The fraction of sp³-hybridized carbons (Fsp3) is 0. The van der Waals surface area contributed by atoms with Gasteiger partial charge in [0, 0.05) is 15.0 Å². The van der Waals surface area contributed by atoms with Crippen molar-refractivity contribution in [3.8, 4) is 20.9 Å². The second-order valence-electron chi connectivity index (χ2n) is 5.59. The van der Waals surface area contributed by atoms with Crippen LogP contribution in [0.4, 0.5) is 4.39 Å². The Hall–Kier alpha value is -2.71. The Morgan fingerprint density at radius 3 is 1.42 bits per heavy atom. The Morgan fingerprint density at radius 2 is 1.12 bits per heavy atom. The van der Waals surface area contributed by atoms with E-state index in [0.717, 1.165) is 10.4 Å². The van der Waals surface area contributed by atoms with Crippen molar-refractivity contribution < 1.29 is 4.39 Å². The van der Waals surface area contributed by atoms with Crippen molar-refractivity contribution >= 4 is 11.3 Å². The average molecular weight is 330 g/mol. The first-order chi connectivity index (χ1) is 11.8. The molecule has 1 aromatic heterocycles. The first kappa shape index (κ1) is 14.9. The van der Waals surface area contributed by atoms with Crippen LogP contribution in [0.25, 0.3) is 20.9 Å². The lowest BCUT2D eigenvalue weighted by atomic mass is 10.1. The third-order valence-electron chi connectivity index (χ3n) is 4.00. The summed E-state index contributed by atoms with van der Waals surface area (Å²) in [7, 11) is 0. The van der Waals surface area contributed by atoms with Crippen molar-refractivity contribution in [1.82, 2.24) is 0 Å². The molecule has 0 bridgehead atoms. The van der Waals surface area contributed by atoms with Gasteiger partial charge in [-0.3, -0.25) is 0 Å². The summed E-state index contributed by atoms with van der Waals surface area (Å²) in [5.41, 5.74) is 2.58. The topological polar surface area (TPSA) is 0 Å². The Balaban J connectivity index is 0.000000172. The first-order valence-corrected chi connectivity index (χ1v) is 8.63. The van der Waals surface area contributed by atoms with Crippen LogP contribution < -0.4 is 0 Å². The predicted molar refractivity (Wildman–Crippen MR) is 99.3 cm³/mol. The van der Waals surface area contributed by atoms with E-state index in [1.54, 1.807) is 6.07 Å². The molecular weight excluding hydrogens is 315 g/mol. The zero-order valence-corrected chi connectivity index (χ0v) is 13.8. The molecule has 3 aromatic rings. The van der Waals surface area contributed by atoms with Crippen LogP contribution in [-0.2, 0) is 0 Å². The highest BCUT2D eigenvalue weighted by Gasteiger charge is 2.03. The molecule has 0 aliphatic heterocycles. The van der Waals surface area contributed by atoms with Gasteiger partial charge in [-0.25, -0.2) is 4.39 Å². The minimum Gasteiger partial charge on any atom is -0.206 e. The molecule has 24 heavy (non-hydrogen) atoms. The molecule has 0 N–H and O–H groups in total. The molecule has 0 fully saturated rings. The smallest absolute Gasteiger partial charge is 0.131 e. The maximum Gasteiger partial charge on any atom is 0.131 e. The van der Waals surface area contributed by atoms with E-state index in [9.17, 15) is 4.39 Å². The first-order valence-electron chi connectivity index (χ1n) is 7.82. The molecule has 2 aromatic carbocycles. The summed E-state index contributed by atoms with van der Waals surface area (Å²) in [5, 5.41) is 1.87. The normalized spacial score (nSPS) is 10.7. The van der Waals surface area contributed by atoms with Gasteiger partial charge in [0.25, 0.3) is 0 Å². The molecular formula is C22H15FS. The van der Waals surface area contributed by atoms with E-state index in [4.69, 9.17) is 0 Å². The number of hydrogen-bond donors (Lipinski definition) is 0. The lowest BCUT2D eigenvalue weighted by molar-refractivity contribution is 0.605. The average Bonchev–Trinajstić information content (AvgIpc) is 3.12. The minimum atomic E-state index is -0.0579. The molecule has 0 saturated carbocycles. The highest BCUT2D eigenvalue weighted by atomic mass is 32.1. The van der Waals surface area contributed by atoms with Crippen LogP contribution in [0, 0.1) is 16.3 Å². The van der Waals surface area contributed by atoms with Crippen molar-refractivity contribution in [1.29, 1.82) is 0 Å². The Bertz CT molecular complexity index is 996. The van der Waals surface area contributed by atoms with Crippen LogP contribution in [0.2, 0.25) is 0 Å². The number of thiophene rings is 1. The van der Waals surface area contributed by atoms with E-state index in [0.29, 0.717) is 0 Å². The van der Waals surface area contributed by atoms with E-state index in [2.05, 4.69) is 72.8 Å². The van der Waals surface area contributed by atoms with Crippen molar-refractivity contribution in [3.63, 3.8) is 0 Å². The summed E-state index contributed by atoms with van der Waals surface area (Å²) in [6.07, 6.45) is 0. The lowest BCUT2D eigenvalue weighted by Crippen LogP contribution is -1.90. The Morgan fingerprint density at radius 1 is 0.583 bits per heavy atom. The van der Waals surface area contributed by atoms with E-state index < -0.39 is 0 Å². The van der Waals surface area contributed by atoms with Crippen molar-refractivity contribution in [2.75, 3.05) is 0 Å². The van der Waals surface area contributed by atoms with Gasteiger partial charge in [-0.2, -0.15) is 0 Å². The van der Waals surface area contributed by atoms with Gasteiger partial charge in [-0.15, -0.1) is 11.3 Å². The summed E-state index contributed by atoms with van der Waals surface area (Å²) < 4.78 is 12.0. The summed E-state index contributed by atoms with van der Waals surface area (Å²) >= 11 is 1.84. The van der Waals surface area contributed by atoms with Gasteiger partial charge < -0.3 is 0 Å². The monoisotopic (exact) mass is 330 g/mol. The lowest BCUT2D eigenvalue weighted by Gasteiger charge is -2.00.